The molecule has 0 atom stereocenters. The highest BCUT2D eigenvalue weighted by Crippen LogP contribution is 2.49. The zero-order valence-electron chi connectivity index (χ0n) is 22.5. The number of fused-ring (bicyclic) bond motifs is 2. The van der Waals surface area contributed by atoms with Crippen molar-refractivity contribution < 1.29 is 0 Å². The lowest BCUT2D eigenvalue weighted by Gasteiger charge is -2.46. The van der Waals surface area contributed by atoms with Crippen LogP contribution in [0.25, 0.3) is 0 Å². The zero-order chi connectivity index (χ0) is 25.1. The molecule has 35 heavy (non-hydrogen) atoms. The van der Waals surface area contributed by atoms with Crippen LogP contribution in [0.15, 0.2) is 72.8 Å². The number of aryl methyl sites for hydroxylation is 6. The van der Waals surface area contributed by atoms with Crippen LogP contribution in [0.5, 0.6) is 0 Å². The van der Waals surface area contributed by atoms with Crippen molar-refractivity contribution in [2.75, 3.05) is 4.81 Å². The largest absolute Gasteiger partial charge is 0.376 e. The van der Waals surface area contributed by atoms with Gasteiger partial charge in [-0.2, -0.15) is 0 Å². The first-order valence-corrected chi connectivity index (χ1v) is 12.7. The molecule has 0 N–H and O–H groups in total. The third-order valence-electron chi connectivity index (χ3n) is 7.96. The molecule has 2 heteroatoms. The van der Waals surface area contributed by atoms with E-state index in [1.54, 1.807) is 0 Å². The molecular weight excluding hydrogens is 421 g/mol. The van der Waals surface area contributed by atoms with E-state index in [2.05, 4.69) is 133 Å². The van der Waals surface area contributed by atoms with E-state index in [0.29, 0.717) is 0 Å². The van der Waals surface area contributed by atoms with Crippen LogP contribution in [0, 0.1) is 41.5 Å². The van der Waals surface area contributed by atoms with Gasteiger partial charge in [0.15, 0.2) is 0 Å². The van der Waals surface area contributed by atoms with Crippen LogP contribution in [0.1, 0.15) is 58.4 Å². The van der Waals surface area contributed by atoms with Crippen LogP contribution in [-0.2, 0) is 5.41 Å². The number of para-hydroxylation sites is 2. The standard InChI is InChI=1S/C33H36BN/c1-21-17-23(3)31(24(4)18-21)34(32-25(5)19-22(2)20-26(32)6)35-29-15-11-9-13-27(29)33(7,8)28-14-10-12-16-30(28)35/h9-20H,1-8H3. The Balaban J connectivity index is 1.92. The fraction of sp³-hybridized carbons (Fsp3) is 0.273. The Labute approximate surface area is 211 Å². The van der Waals surface area contributed by atoms with Gasteiger partial charge in [-0.15, -0.1) is 0 Å². The van der Waals surface area contributed by atoms with Crippen molar-refractivity contribution in [2.45, 2.75) is 60.8 Å². The molecule has 0 aliphatic carbocycles. The van der Waals surface area contributed by atoms with Crippen molar-refractivity contribution in [3.63, 3.8) is 0 Å². The van der Waals surface area contributed by atoms with Gasteiger partial charge in [-0.25, -0.2) is 0 Å². The molecule has 1 aliphatic rings. The van der Waals surface area contributed by atoms with Crippen LogP contribution in [0.2, 0.25) is 0 Å². The van der Waals surface area contributed by atoms with E-state index in [0.717, 1.165) is 0 Å². The third-order valence-corrected chi connectivity index (χ3v) is 7.96. The van der Waals surface area contributed by atoms with E-state index in [9.17, 15) is 0 Å². The van der Waals surface area contributed by atoms with Gasteiger partial charge in [0.2, 0.25) is 0 Å². The fourth-order valence-corrected chi connectivity index (χ4v) is 6.62. The van der Waals surface area contributed by atoms with Gasteiger partial charge in [-0.1, -0.05) is 108 Å². The summed E-state index contributed by atoms with van der Waals surface area (Å²) in [5.74, 6) is 0. The molecule has 0 spiro atoms. The topological polar surface area (TPSA) is 3.24 Å². The molecule has 0 bridgehead atoms. The van der Waals surface area contributed by atoms with Gasteiger partial charge in [0.25, 0.3) is 0 Å². The molecule has 0 saturated heterocycles. The quantitative estimate of drug-likeness (QED) is 0.296. The minimum Gasteiger partial charge on any atom is -0.376 e. The number of benzene rings is 4. The van der Waals surface area contributed by atoms with Gasteiger partial charge in [-0.3, -0.25) is 0 Å². The molecule has 4 aromatic carbocycles. The second kappa shape index (κ2) is 8.45. The minimum absolute atomic E-state index is 0.0665. The second-order valence-electron chi connectivity index (χ2n) is 11.1. The van der Waals surface area contributed by atoms with E-state index in [1.165, 1.54) is 66.8 Å². The molecule has 0 fully saturated rings. The summed E-state index contributed by atoms with van der Waals surface area (Å²) in [5.41, 5.74) is 16.2. The average molecular weight is 457 g/mol. The van der Waals surface area contributed by atoms with Crippen molar-refractivity contribution in [1.29, 1.82) is 0 Å². The van der Waals surface area contributed by atoms with E-state index in [4.69, 9.17) is 0 Å². The lowest BCUT2D eigenvalue weighted by Crippen LogP contribution is -2.59. The SMILES string of the molecule is Cc1cc(C)c(B(c2c(C)cc(C)cc2C)N2c3ccccc3C(C)(C)c3ccccc32)c(C)c1. The molecular formula is C33H36BN. The van der Waals surface area contributed by atoms with E-state index < -0.39 is 0 Å². The van der Waals surface area contributed by atoms with Crippen LogP contribution in [0.3, 0.4) is 0 Å². The molecule has 4 aromatic rings. The Morgan fingerprint density at radius 3 is 1.26 bits per heavy atom. The summed E-state index contributed by atoms with van der Waals surface area (Å²) in [4.78, 5) is 2.63. The summed E-state index contributed by atoms with van der Waals surface area (Å²) in [5, 5.41) is 0. The summed E-state index contributed by atoms with van der Waals surface area (Å²) in [6.45, 7) is 18.3. The first kappa shape index (κ1) is 23.5. The fourth-order valence-electron chi connectivity index (χ4n) is 6.62. The van der Waals surface area contributed by atoms with Gasteiger partial charge in [0.1, 0.15) is 0 Å². The van der Waals surface area contributed by atoms with Crippen molar-refractivity contribution in [1.82, 2.24) is 0 Å². The molecule has 0 radical (unpaired) electrons. The lowest BCUT2D eigenvalue weighted by atomic mass is 9.44. The van der Waals surface area contributed by atoms with E-state index in [1.807, 2.05) is 0 Å². The molecule has 0 amide bonds. The van der Waals surface area contributed by atoms with Crippen LogP contribution in [-0.4, -0.2) is 6.85 Å². The van der Waals surface area contributed by atoms with Gasteiger partial charge >= 0.3 is 6.85 Å². The Morgan fingerprint density at radius 2 is 0.886 bits per heavy atom. The first-order chi connectivity index (χ1) is 16.6. The van der Waals surface area contributed by atoms with Crippen molar-refractivity contribution in [3.05, 3.63) is 117 Å². The molecule has 1 heterocycles. The Hall–Kier alpha value is -3.26. The molecule has 176 valence electrons. The number of nitrogens with zero attached hydrogens (tertiary/aromatic N) is 1. The maximum Gasteiger partial charge on any atom is 0.329 e. The summed E-state index contributed by atoms with van der Waals surface area (Å²) in [7, 11) is 0. The smallest absolute Gasteiger partial charge is 0.329 e. The number of hydrogen-bond acceptors (Lipinski definition) is 1. The summed E-state index contributed by atoms with van der Waals surface area (Å²) in [6.07, 6.45) is 0. The molecule has 5 rings (SSSR count). The van der Waals surface area contributed by atoms with E-state index >= 15 is 0 Å². The number of anilines is 2. The minimum atomic E-state index is -0.0665. The highest BCUT2D eigenvalue weighted by molar-refractivity contribution is 6.90. The van der Waals surface area contributed by atoms with Crippen molar-refractivity contribution in [3.8, 4) is 0 Å². The van der Waals surface area contributed by atoms with Gasteiger partial charge in [0.05, 0.1) is 0 Å². The number of hydrogen-bond donors (Lipinski definition) is 0. The highest BCUT2D eigenvalue weighted by atomic mass is 15.1. The normalized spacial score (nSPS) is 13.9. The van der Waals surface area contributed by atoms with E-state index in [-0.39, 0.29) is 12.3 Å². The van der Waals surface area contributed by atoms with Crippen molar-refractivity contribution in [2.24, 2.45) is 0 Å². The predicted molar refractivity (Wildman–Crippen MR) is 153 cm³/mol. The Morgan fingerprint density at radius 1 is 0.543 bits per heavy atom. The van der Waals surface area contributed by atoms with Gasteiger partial charge in [-0.05, 0) is 75.7 Å². The summed E-state index contributed by atoms with van der Waals surface area (Å²) < 4.78 is 0. The second-order valence-corrected chi connectivity index (χ2v) is 11.1. The molecule has 1 nitrogen and oxygen atoms in total. The first-order valence-electron chi connectivity index (χ1n) is 12.7. The highest BCUT2D eigenvalue weighted by Gasteiger charge is 2.42. The van der Waals surface area contributed by atoms with Gasteiger partial charge in [0, 0.05) is 16.8 Å². The zero-order valence-corrected chi connectivity index (χ0v) is 22.5. The molecule has 0 aromatic heterocycles. The summed E-state index contributed by atoms with van der Waals surface area (Å²) >= 11 is 0. The lowest BCUT2D eigenvalue weighted by molar-refractivity contribution is 0.634. The Kier molecular flexibility index (Phi) is 5.67. The van der Waals surface area contributed by atoms with Crippen LogP contribution >= 0.6 is 0 Å². The summed E-state index contributed by atoms with van der Waals surface area (Å²) in [6, 6.07) is 27.4. The molecule has 0 saturated carbocycles. The molecule has 0 unspecified atom stereocenters. The Bertz CT molecular complexity index is 1290. The maximum absolute atomic E-state index is 2.63. The predicted octanol–water partition coefficient (Wildman–Crippen LogP) is 7.12. The van der Waals surface area contributed by atoms with Crippen LogP contribution < -0.4 is 15.7 Å². The molecule has 1 aliphatic heterocycles. The van der Waals surface area contributed by atoms with Crippen LogP contribution in [0.4, 0.5) is 11.4 Å². The average Bonchev–Trinajstić information content (AvgIpc) is 2.78. The third kappa shape index (κ3) is 3.71. The maximum atomic E-state index is 2.63. The number of rotatable bonds is 3. The monoisotopic (exact) mass is 457 g/mol. The van der Waals surface area contributed by atoms with Gasteiger partial charge < -0.3 is 4.81 Å². The van der Waals surface area contributed by atoms with Crippen molar-refractivity contribution >= 4 is 29.1 Å².